The number of epoxide rings is 1. The minimum absolute atomic E-state index is 0.00658. The molecule has 7 nitrogen and oxygen atoms in total. The van der Waals surface area contributed by atoms with Crippen molar-refractivity contribution in [1.29, 1.82) is 0 Å². The first-order chi connectivity index (χ1) is 13.4. The quantitative estimate of drug-likeness (QED) is 0.393. The van der Waals surface area contributed by atoms with Crippen LogP contribution in [0.25, 0.3) is 0 Å². The van der Waals surface area contributed by atoms with E-state index in [4.69, 9.17) is 24.1 Å². The van der Waals surface area contributed by atoms with E-state index < -0.39 is 6.09 Å². The van der Waals surface area contributed by atoms with Crippen molar-refractivity contribution in [3.8, 4) is 11.5 Å². The summed E-state index contributed by atoms with van der Waals surface area (Å²) in [6.45, 7) is 6.17. The van der Waals surface area contributed by atoms with Crippen molar-refractivity contribution < 1.29 is 28.8 Å². The van der Waals surface area contributed by atoms with Gasteiger partial charge in [0.25, 0.3) is 0 Å². The average molecular weight is 395 g/mol. The predicted molar refractivity (Wildman–Crippen MR) is 106 cm³/mol. The van der Waals surface area contributed by atoms with Crippen molar-refractivity contribution >= 4 is 6.09 Å². The third-order valence-corrected chi connectivity index (χ3v) is 5.09. The molecule has 0 radical (unpaired) electrons. The maximum absolute atomic E-state index is 11.1. The second-order valence-corrected chi connectivity index (χ2v) is 7.55. The zero-order chi connectivity index (χ0) is 20.5. The van der Waals surface area contributed by atoms with Gasteiger partial charge in [-0.25, -0.2) is 4.79 Å². The van der Waals surface area contributed by atoms with Gasteiger partial charge in [0.2, 0.25) is 0 Å². The summed E-state index contributed by atoms with van der Waals surface area (Å²) in [5.74, 6) is 2.16. The fraction of sp³-hybridized carbons (Fsp3) is 0.667. The lowest BCUT2D eigenvalue weighted by Gasteiger charge is -2.26. The molecule has 0 saturated carbocycles. The van der Waals surface area contributed by atoms with Crippen LogP contribution in [0.1, 0.15) is 32.3 Å². The lowest BCUT2D eigenvalue weighted by atomic mass is 9.83. The molecule has 2 N–H and O–H groups in total. The summed E-state index contributed by atoms with van der Waals surface area (Å²) in [5, 5.41) is 11.7. The summed E-state index contributed by atoms with van der Waals surface area (Å²) in [4.78, 5) is 11.1. The highest BCUT2D eigenvalue weighted by Gasteiger charge is 2.36. The number of carboxylic acid groups (broad SMARTS) is 1. The molecule has 1 heterocycles. The molecule has 3 atom stereocenters. The summed E-state index contributed by atoms with van der Waals surface area (Å²) in [7, 11) is 3.30. The first-order valence-electron chi connectivity index (χ1n) is 9.84. The number of nitrogens with one attached hydrogen (secondary N) is 1. The molecule has 0 bridgehead atoms. The van der Waals surface area contributed by atoms with Crippen molar-refractivity contribution in [1.82, 2.24) is 5.32 Å². The molecule has 158 valence electrons. The number of benzene rings is 1. The van der Waals surface area contributed by atoms with Crippen LogP contribution in [0, 0.1) is 11.8 Å². The summed E-state index contributed by atoms with van der Waals surface area (Å²) < 4.78 is 21.7. The van der Waals surface area contributed by atoms with Crippen LogP contribution in [0.4, 0.5) is 4.79 Å². The summed E-state index contributed by atoms with van der Waals surface area (Å²) >= 11 is 0. The van der Waals surface area contributed by atoms with E-state index in [1.165, 1.54) is 0 Å². The van der Waals surface area contributed by atoms with Gasteiger partial charge >= 0.3 is 6.09 Å². The molecule has 1 amide bonds. The Morgan fingerprint density at radius 2 is 2.04 bits per heavy atom. The van der Waals surface area contributed by atoms with E-state index in [9.17, 15) is 4.79 Å². The standard InChI is InChI=1S/C21H33NO6/c1-14(2)16(12-17(20-13-28-20)22-21(23)24)10-15-6-7-18(26-4)19(11-15)27-9-5-8-25-3/h6-7,11,14,16-17,20,22H,5,8-10,12-13H2,1-4H3,(H,23,24)/t16-,17?,20?/m1/s1. The Hall–Kier alpha value is -1.99. The molecular weight excluding hydrogens is 362 g/mol. The lowest BCUT2D eigenvalue weighted by molar-refractivity contribution is 0.170. The second-order valence-electron chi connectivity index (χ2n) is 7.55. The molecule has 1 aromatic rings. The van der Waals surface area contributed by atoms with Crippen LogP contribution in [-0.2, 0) is 15.9 Å². The summed E-state index contributed by atoms with van der Waals surface area (Å²) in [6, 6.07) is 5.82. The van der Waals surface area contributed by atoms with Gasteiger partial charge in [0.05, 0.1) is 26.4 Å². The Labute approximate surface area is 167 Å². The van der Waals surface area contributed by atoms with Crippen LogP contribution in [0.2, 0.25) is 0 Å². The largest absolute Gasteiger partial charge is 0.493 e. The fourth-order valence-electron chi connectivity index (χ4n) is 3.32. The normalized spacial score (nSPS) is 17.8. The highest BCUT2D eigenvalue weighted by atomic mass is 16.6. The number of amides is 1. The number of hydrogen-bond donors (Lipinski definition) is 2. The summed E-state index contributed by atoms with van der Waals surface area (Å²) in [5.41, 5.74) is 1.15. The molecule has 0 spiro atoms. The molecule has 28 heavy (non-hydrogen) atoms. The fourth-order valence-corrected chi connectivity index (χ4v) is 3.32. The van der Waals surface area contributed by atoms with E-state index in [1.54, 1.807) is 14.2 Å². The molecule has 1 fully saturated rings. The smallest absolute Gasteiger partial charge is 0.404 e. The number of methoxy groups -OCH3 is 2. The molecule has 7 heteroatoms. The molecule has 0 aliphatic carbocycles. The van der Waals surface area contributed by atoms with E-state index in [0.717, 1.165) is 30.6 Å². The second kappa shape index (κ2) is 11.1. The van der Waals surface area contributed by atoms with E-state index in [1.807, 2.05) is 18.2 Å². The van der Waals surface area contributed by atoms with Gasteiger partial charge in [-0.3, -0.25) is 0 Å². The minimum Gasteiger partial charge on any atom is -0.493 e. The van der Waals surface area contributed by atoms with Crippen molar-refractivity contribution in [3.63, 3.8) is 0 Å². The Morgan fingerprint density at radius 3 is 2.61 bits per heavy atom. The molecule has 2 rings (SSSR count). The Morgan fingerprint density at radius 1 is 1.29 bits per heavy atom. The minimum atomic E-state index is -1.00. The van der Waals surface area contributed by atoms with Gasteiger partial charge in [-0.2, -0.15) is 0 Å². The Kier molecular flexibility index (Phi) is 8.86. The van der Waals surface area contributed by atoms with Crippen LogP contribution in [0.5, 0.6) is 11.5 Å². The van der Waals surface area contributed by atoms with Gasteiger partial charge in [-0.05, 0) is 42.4 Å². The van der Waals surface area contributed by atoms with Gasteiger partial charge in [-0.15, -0.1) is 0 Å². The van der Waals surface area contributed by atoms with Gasteiger partial charge < -0.3 is 29.4 Å². The molecule has 1 aromatic carbocycles. The first kappa shape index (κ1) is 22.3. The Bertz CT molecular complexity index is 617. The third-order valence-electron chi connectivity index (χ3n) is 5.09. The van der Waals surface area contributed by atoms with Crippen molar-refractivity contribution in [2.24, 2.45) is 11.8 Å². The van der Waals surface area contributed by atoms with Gasteiger partial charge in [0.1, 0.15) is 6.10 Å². The molecule has 1 aliphatic heterocycles. The summed E-state index contributed by atoms with van der Waals surface area (Å²) in [6.07, 6.45) is 1.38. The monoisotopic (exact) mass is 395 g/mol. The molecular formula is C21H33NO6. The predicted octanol–water partition coefficient (Wildman–Crippen LogP) is 3.35. The van der Waals surface area contributed by atoms with E-state index in [2.05, 4.69) is 19.2 Å². The molecule has 1 aliphatic rings. The lowest BCUT2D eigenvalue weighted by Crippen LogP contribution is -2.40. The van der Waals surface area contributed by atoms with Gasteiger partial charge in [-0.1, -0.05) is 19.9 Å². The SMILES string of the molecule is COCCCOc1cc(C[C@H](CC(NC(=O)O)C2CO2)C(C)C)ccc1OC. The van der Waals surface area contributed by atoms with Crippen LogP contribution >= 0.6 is 0 Å². The number of hydrogen-bond acceptors (Lipinski definition) is 5. The van der Waals surface area contributed by atoms with Crippen LogP contribution in [-0.4, -0.2) is 57.4 Å². The van der Waals surface area contributed by atoms with Crippen molar-refractivity contribution in [2.75, 3.05) is 34.0 Å². The van der Waals surface area contributed by atoms with Crippen LogP contribution in [0.15, 0.2) is 18.2 Å². The molecule has 0 aromatic heterocycles. The first-order valence-corrected chi connectivity index (χ1v) is 9.84. The number of ether oxygens (including phenoxy) is 4. The van der Waals surface area contributed by atoms with E-state index in [-0.39, 0.29) is 12.1 Å². The molecule has 1 saturated heterocycles. The van der Waals surface area contributed by atoms with Crippen molar-refractivity contribution in [3.05, 3.63) is 23.8 Å². The van der Waals surface area contributed by atoms with Gasteiger partial charge in [0.15, 0.2) is 11.5 Å². The number of carbonyl (C=O) groups is 1. The van der Waals surface area contributed by atoms with E-state index >= 15 is 0 Å². The maximum atomic E-state index is 11.1. The van der Waals surface area contributed by atoms with Gasteiger partial charge in [0, 0.05) is 20.1 Å². The average Bonchev–Trinajstić information content (AvgIpc) is 3.49. The maximum Gasteiger partial charge on any atom is 0.404 e. The highest BCUT2D eigenvalue weighted by Crippen LogP contribution is 2.32. The zero-order valence-corrected chi connectivity index (χ0v) is 17.3. The van der Waals surface area contributed by atoms with Crippen LogP contribution < -0.4 is 14.8 Å². The van der Waals surface area contributed by atoms with Crippen LogP contribution in [0.3, 0.4) is 0 Å². The van der Waals surface area contributed by atoms with E-state index in [0.29, 0.717) is 37.4 Å². The number of rotatable bonds is 13. The third kappa shape index (κ3) is 7.20. The zero-order valence-electron chi connectivity index (χ0n) is 17.3. The highest BCUT2D eigenvalue weighted by molar-refractivity contribution is 5.65. The Balaban J connectivity index is 2.05. The topological polar surface area (TPSA) is 89.6 Å². The van der Waals surface area contributed by atoms with Crippen molar-refractivity contribution in [2.45, 2.75) is 45.3 Å². The molecule has 2 unspecified atom stereocenters.